The summed E-state index contributed by atoms with van der Waals surface area (Å²) in [5.74, 6) is 7.26. The predicted octanol–water partition coefficient (Wildman–Crippen LogP) is 2.02. The van der Waals surface area contributed by atoms with Crippen molar-refractivity contribution in [2.45, 2.75) is 45.1 Å². The van der Waals surface area contributed by atoms with Gasteiger partial charge in [-0.1, -0.05) is 26.2 Å². The normalized spacial score (nSPS) is 23.5. The molecule has 2 heterocycles. The number of nitrogen functional groups attached to an aromatic ring is 1. The van der Waals surface area contributed by atoms with E-state index in [9.17, 15) is 0 Å². The SMILES string of the molecule is CC1CCCCCC1Nc1nc(NN)nc2[nH]ncc12. The molecule has 0 saturated heterocycles. The average Bonchev–Trinajstić information content (AvgIpc) is 2.84. The zero-order valence-corrected chi connectivity index (χ0v) is 11.7. The van der Waals surface area contributed by atoms with Crippen LogP contribution in [0, 0.1) is 5.92 Å². The summed E-state index contributed by atoms with van der Waals surface area (Å²) in [6.07, 6.45) is 8.10. The lowest BCUT2D eigenvalue weighted by molar-refractivity contribution is 0.456. The van der Waals surface area contributed by atoms with Crippen LogP contribution in [0.15, 0.2) is 6.20 Å². The highest BCUT2D eigenvalue weighted by Crippen LogP contribution is 2.28. The predicted molar refractivity (Wildman–Crippen MR) is 79.2 cm³/mol. The molecule has 20 heavy (non-hydrogen) atoms. The smallest absolute Gasteiger partial charge is 0.241 e. The highest BCUT2D eigenvalue weighted by Gasteiger charge is 2.21. The van der Waals surface area contributed by atoms with Crippen molar-refractivity contribution in [3.8, 4) is 0 Å². The van der Waals surface area contributed by atoms with Gasteiger partial charge in [-0.25, -0.2) is 5.84 Å². The van der Waals surface area contributed by atoms with Crippen molar-refractivity contribution in [1.82, 2.24) is 20.2 Å². The van der Waals surface area contributed by atoms with E-state index in [1.54, 1.807) is 6.20 Å². The minimum Gasteiger partial charge on any atom is -0.366 e. The lowest BCUT2D eigenvalue weighted by Gasteiger charge is -2.23. The number of hydrogen-bond donors (Lipinski definition) is 4. The van der Waals surface area contributed by atoms with Crippen LogP contribution in [0.2, 0.25) is 0 Å². The van der Waals surface area contributed by atoms with E-state index in [2.05, 4.69) is 37.8 Å². The molecule has 108 valence electrons. The lowest BCUT2D eigenvalue weighted by atomic mass is 9.97. The summed E-state index contributed by atoms with van der Waals surface area (Å²) >= 11 is 0. The number of anilines is 2. The van der Waals surface area contributed by atoms with E-state index in [1.165, 1.54) is 32.1 Å². The van der Waals surface area contributed by atoms with E-state index >= 15 is 0 Å². The average molecular weight is 275 g/mol. The number of aromatic nitrogens is 4. The van der Waals surface area contributed by atoms with Crippen LogP contribution in [0.5, 0.6) is 0 Å². The number of nitrogens with zero attached hydrogens (tertiary/aromatic N) is 3. The van der Waals surface area contributed by atoms with Crippen LogP contribution in [0.4, 0.5) is 11.8 Å². The molecule has 2 atom stereocenters. The topological polar surface area (TPSA) is 105 Å². The zero-order chi connectivity index (χ0) is 13.9. The van der Waals surface area contributed by atoms with Crippen molar-refractivity contribution < 1.29 is 0 Å². The summed E-state index contributed by atoms with van der Waals surface area (Å²) in [7, 11) is 0. The highest BCUT2D eigenvalue weighted by molar-refractivity contribution is 5.87. The lowest BCUT2D eigenvalue weighted by Crippen LogP contribution is -2.27. The summed E-state index contributed by atoms with van der Waals surface area (Å²) in [6.45, 7) is 2.30. The molecule has 7 heteroatoms. The third-order valence-corrected chi connectivity index (χ3v) is 4.12. The Kier molecular flexibility index (Phi) is 3.68. The molecule has 2 aromatic rings. The Morgan fingerprint density at radius 3 is 2.95 bits per heavy atom. The van der Waals surface area contributed by atoms with E-state index in [4.69, 9.17) is 5.84 Å². The molecule has 1 aliphatic carbocycles. The van der Waals surface area contributed by atoms with E-state index in [0.717, 1.165) is 11.2 Å². The minimum absolute atomic E-state index is 0.394. The molecule has 0 amide bonds. The van der Waals surface area contributed by atoms with Gasteiger partial charge in [0.2, 0.25) is 5.95 Å². The Morgan fingerprint density at radius 1 is 1.25 bits per heavy atom. The quantitative estimate of drug-likeness (QED) is 0.388. The van der Waals surface area contributed by atoms with Gasteiger partial charge in [0.15, 0.2) is 5.65 Å². The van der Waals surface area contributed by atoms with Crippen molar-refractivity contribution >= 4 is 22.8 Å². The molecule has 0 spiro atoms. The fourth-order valence-corrected chi connectivity index (χ4v) is 2.89. The Balaban J connectivity index is 1.90. The third kappa shape index (κ3) is 2.53. The van der Waals surface area contributed by atoms with Crippen molar-refractivity contribution in [3.05, 3.63) is 6.20 Å². The zero-order valence-electron chi connectivity index (χ0n) is 11.7. The number of aromatic amines is 1. The highest BCUT2D eigenvalue weighted by atomic mass is 15.3. The summed E-state index contributed by atoms with van der Waals surface area (Å²) < 4.78 is 0. The van der Waals surface area contributed by atoms with Crippen molar-refractivity contribution in [3.63, 3.8) is 0 Å². The first-order chi connectivity index (χ1) is 9.78. The van der Waals surface area contributed by atoms with Crippen molar-refractivity contribution in [2.75, 3.05) is 10.7 Å². The molecule has 5 N–H and O–H groups in total. The number of hydrazine groups is 1. The molecule has 1 aliphatic rings. The van der Waals surface area contributed by atoms with Gasteiger partial charge in [-0.15, -0.1) is 0 Å². The van der Waals surface area contributed by atoms with Crippen LogP contribution < -0.4 is 16.6 Å². The summed E-state index contributed by atoms with van der Waals surface area (Å²) in [6, 6.07) is 0.441. The summed E-state index contributed by atoms with van der Waals surface area (Å²) in [5, 5.41) is 11.4. The van der Waals surface area contributed by atoms with Crippen LogP contribution in [0.25, 0.3) is 11.0 Å². The Labute approximate surface area is 117 Å². The van der Waals surface area contributed by atoms with Gasteiger partial charge in [0.1, 0.15) is 5.82 Å². The standard InChI is InChI=1S/C13H21N7/c1-8-5-3-2-4-6-10(8)16-11-9-7-15-20-12(9)18-13(17-11)19-14/h7-8,10H,2-6,14H2,1H3,(H3,15,16,17,18,19,20). The van der Waals surface area contributed by atoms with Gasteiger partial charge in [0, 0.05) is 6.04 Å². The molecule has 3 rings (SSSR count). The Hall–Kier alpha value is -1.89. The number of hydrogen-bond acceptors (Lipinski definition) is 6. The number of fused-ring (bicyclic) bond motifs is 1. The molecule has 1 fully saturated rings. The molecule has 0 aliphatic heterocycles. The molecule has 7 nitrogen and oxygen atoms in total. The molecule has 1 saturated carbocycles. The van der Waals surface area contributed by atoms with Crippen molar-refractivity contribution in [1.29, 1.82) is 0 Å². The Morgan fingerprint density at radius 2 is 2.10 bits per heavy atom. The Bertz CT molecular complexity index is 579. The minimum atomic E-state index is 0.394. The van der Waals surface area contributed by atoms with Crippen LogP contribution in [-0.2, 0) is 0 Å². The van der Waals surface area contributed by atoms with Gasteiger partial charge in [-0.2, -0.15) is 15.1 Å². The van der Waals surface area contributed by atoms with Gasteiger partial charge in [-0.3, -0.25) is 10.5 Å². The molecule has 0 radical (unpaired) electrons. The summed E-state index contributed by atoms with van der Waals surface area (Å²) in [4.78, 5) is 8.67. The molecule has 2 unspecified atom stereocenters. The number of nitrogens with two attached hydrogens (primary N) is 1. The molecular formula is C13H21N7. The fraction of sp³-hybridized carbons (Fsp3) is 0.615. The van der Waals surface area contributed by atoms with Crippen molar-refractivity contribution in [2.24, 2.45) is 11.8 Å². The maximum absolute atomic E-state index is 5.43. The molecule has 2 aromatic heterocycles. The third-order valence-electron chi connectivity index (χ3n) is 4.12. The van der Waals surface area contributed by atoms with Gasteiger partial charge in [-0.05, 0) is 18.8 Å². The maximum Gasteiger partial charge on any atom is 0.241 e. The second-order valence-corrected chi connectivity index (χ2v) is 5.54. The van der Waals surface area contributed by atoms with Crippen LogP contribution in [0.3, 0.4) is 0 Å². The largest absolute Gasteiger partial charge is 0.366 e. The van der Waals surface area contributed by atoms with E-state index in [0.29, 0.717) is 23.6 Å². The van der Waals surface area contributed by atoms with Crippen LogP contribution in [-0.4, -0.2) is 26.2 Å². The second kappa shape index (κ2) is 5.62. The van der Waals surface area contributed by atoms with E-state index < -0.39 is 0 Å². The monoisotopic (exact) mass is 275 g/mol. The molecule has 0 bridgehead atoms. The van der Waals surface area contributed by atoms with E-state index in [-0.39, 0.29) is 0 Å². The molecule has 0 aromatic carbocycles. The number of rotatable bonds is 3. The maximum atomic E-state index is 5.43. The first kappa shape index (κ1) is 13.1. The first-order valence-corrected chi connectivity index (χ1v) is 7.22. The van der Waals surface area contributed by atoms with Crippen LogP contribution >= 0.6 is 0 Å². The fourth-order valence-electron chi connectivity index (χ4n) is 2.89. The van der Waals surface area contributed by atoms with Gasteiger partial charge in [0.05, 0.1) is 11.6 Å². The van der Waals surface area contributed by atoms with E-state index in [1.807, 2.05) is 0 Å². The van der Waals surface area contributed by atoms with Crippen LogP contribution in [0.1, 0.15) is 39.0 Å². The second-order valence-electron chi connectivity index (χ2n) is 5.54. The number of H-pyrrole nitrogens is 1. The molecular weight excluding hydrogens is 254 g/mol. The number of nitrogens with one attached hydrogen (secondary N) is 3. The summed E-state index contributed by atoms with van der Waals surface area (Å²) in [5.41, 5.74) is 3.19. The van der Waals surface area contributed by atoms with Gasteiger partial charge in [0.25, 0.3) is 0 Å². The van der Waals surface area contributed by atoms with Gasteiger partial charge < -0.3 is 5.32 Å². The first-order valence-electron chi connectivity index (χ1n) is 7.22. The van der Waals surface area contributed by atoms with Gasteiger partial charge >= 0.3 is 0 Å².